The molecule has 1 nitrogen and oxygen atoms in total. The van der Waals surface area contributed by atoms with Crippen LogP contribution in [0.1, 0.15) is 5.56 Å². The van der Waals surface area contributed by atoms with E-state index >= 15 is 0 Å². The molecule has 0 unspecified atom stereocenters. The first-order valence-corrected chi connectivity index (χ1v) is 6.89. The van der Waals surface area contributed by atoms with Crippen LogP contribution in [-0.4, -0.2) is 0 Å². The third-order valence-electron chi connectivity index (χ3n) is 2.24. The fourth-order valence-electron chi connectivity index (χ4n) is 1.38. The molecule has 2 aromatic carbocycles. The maximum Gasteiger partial charge on any atom is 0.137 e. The van der Waals surface area contributed by atoms with E-state index in [0.29, 0.717) is 15.6 Å². The van der Waals surface area contributed by atoms with Gasteiger partial charge in [0.1, 0.15) is 17.3 Å². The predicted octanol–water partition coefficient (Wildman–Crippen LogP) is 5.28. The van der Waals surface area contributed by atoms with Crippen molar-refractivity contribution in [3.63, 3.8) is 0 Å². The lowest BCUT2D eigenvalue weighted by Crippen LogP contribution is -1.89. The van der Waals surface area contributed by atoms with Gasteiger partial charge in [0.15, 0.2) is 0 Å². The van der Waals surface area contributed by atoms with Gasteiger partial charge < -0.3 is 4.74 Å². The third kappa shape index (κ3) is 3.07. The summed E-state index contributed by atoms with van der Waals surface area (Å²) in [5.74, 6) is 1.07. The minimum absolute atomic E-state index is 0.300. The van der Waals surface area contributed by atoms with E-state index < -0.39 is 0 Å². The van der Waals surface area contributed by atoms with Gasteiger partial charge in [-0.15, -0.1) is 0 Å². The number of rotatable bonds is 3. The topological polar surface area (TPSA) is 9.23 Å². The van der Waals surface area contributed by atoms with Crippen LogP contribution in [0, 0.1) is 5.82 Å². The second-order valence-corrected chi connectivity index (χ2v) is 4.83. The van der Waals surface area contributed by atoms with Crippen LogP contribution in [0.3, 0.4) is 0 Å². The number of hydrogen-bond donors (Lipinski definition) is 0. The molecule has 0 bridgehead atoms. The van der Waals surface area contributed by atoms with Gasteiger partial charge in [-0.2, -0.15) is 0 Å². The minimum atomic E-state index is -0.300. The highest BCUT2D eigenvalue weighted by Gasteiger charge is 2.05. The summed E-state index contributed by atoms with van der Waals surface area (Å²) in [6.07, 6.45) is 0. The van der Waals surface area contributed by atoms with Crippen LogP contribution in [0.2, 0.25) is 0 Å². The molecule has 0 saturated heterocycles. The largest absolute Gasteiger partial charge is 0.457 e. The Morgan fingerprint density at radius 2 is 1.88 bits per heavy atom. The molecule has 0 aliphatic heterocycles. The summed E-state index contributed by atoms with van der Waals surface area (Å²) in [5, 5.41) is 0.714. The molecule has 0 saturated carbocycles. The fraction of sp³-hybridized carbons (Fsp3) is 0.0769. The molecule has 0 heterocycles. The van der Waals surface area contributed by atoms with Crippen molar-refractivity contribution < 1.29 is 9.13 Å². The van der Waals surface area contributed by atoms with Gasteiger partial charge in [0, 0.05) is 10.9 Å². The Balaban J connectivity index is 2.28. The van der Waals surface area contributed by atoms with E-state index in [0.717, 1.165) is 11.3 Å². The Bertz CT molecular complexity index is 529. The van der Waals surface area contributed by atoms with Gasteiger partial charge in [-0.05, 0) is 40.2 Å². The predicted molar refractivity (Wildman–Crippen MR) is 73.2 cm³/mol. The van der Waals surface area contributed by atoms with E-state index in [1.807, 2.05) is 24.3 Å². The van der Waals surface area contributed by atoms with Crippen molar-refractivity contribution in [3.05, 3.63) is 58.3 Å². The van der Waals surface area contributed by atoms with Crippen molar-refractivity contribution in [3.8, 4) is 11.5 Å². The standard InChI is InChI=1S/C13H9Br2FO/c14-8-9-3-1-2-4-13(9)17-10-5-6-12(16)11(15)7-10/h1-7H,8H2. The fourth-order valence-corrected chi connectivity index (χ4v) is 2.20. The number of benzene rings is 2. The van der Waals surface area contributed by atoms with E-state index in [-0.39, 0.29) is 5.82 Å². The zero-order chi connectivity index (χ0) is 12.3. The lowest BCUT2D eigenvalue weighted by atomic mass is 10.2. The summed E-state index contributed by atoms with van der Waals surface area (Å²) >= 11 is 6.53. The van der Waals surface area contributed by atoms with E-state index in [2.05, 4.69) is 31.9 Å². The number of halogens is 3. The molecular weight excluding hydrogens is 351 g/mol. The molecule has 17 heavy (non-hydrogen) atoms. The Labute approximate surface area is 116 Å². The van der Waals surface area contributed by atoms with Gasteiger partial charge in [-0.3, -0.25) is 0 Å². The van der Waals surface area contributed by atoms with Crippen LogP contribution in [-0.2, 0) is 5.33 Å². The highest BCUT2D eigenvalue weighted by molar-refractivity contribution is 9.10. The molecule has 0 radical (unpaired) electrons. The van der Waals surface area contributed by atoms with Crippen LogP contribution < -0.4 is 4.74 Å². The normalized spacial score (nSPS) is 10.3. The summed E-state index contributed by atoms with van der Waals surface area (Å²) in [5.41, 5.74) is 1.05. The maximum atomic E-state index is 13.1. The summed E-state index contributed by atoms with van der Waals surface area (Å²) in [7, 11) is 0. The highest BCUT2D eigenvalue weighted by atomic mass is 79.9. The SMILES string of the molecule is Fc1ccc(Oc2ccccc2CBr)cc1Br. The summed E-state index contributed by atoms with van der Waals surface area (Å²) < 4.78 is 19.2. The lowest BCUT2D eigenvalue weighted by molar-refractivity contribution is 0.476. The number of para-hydroxylation sites is 1. The third-order valence-corrected chi connectivity index (χ3v) is 3.45. The molecule has 0 aliphatic rings. The van der Waals surface area contributed by atoms with Gasteiger partial charge >= 0.3 is 0 Å². The molecule has 0 fully saturated rings. The Kier molecular flexibility index (Phi) is 4.18. The molecule has 0 aliphatic carbocycles. The van der Waals surface area contributed by atoms with E-state index in [1.54, 1.807) is 12.1 Å². The van der Waals surface area contributed by atoms with Gasteiger partial charge in [0.2, 0.25) is 0 Å². The maximum absolute atomic E-state index is 13.1. The van der Waals surface area contributed by atoms with Crippen molar-refractivity contribution in [2.24, 2.45) is 0 Å². The van der Waals surface area contributed by atoms with Crippen molar-refractivity contribution >= 4 is 31.9 Å². The van der Waals surface area contributed by atoms with E-state index in [9.17, 15) is 4.39 Å². The average molecular weight is 360 g/mol. The first kappa shape index (κ1) is 12.6. The molecule has 0 atom stereocenters. The van der Waals surface area contributed by atoms with Crippen LogP contribution >= 0.6 is 31.9 Å². The van der Waals surface area contributed by atoms with Gasteiger partial charge in [-0.25, -0.2) is 4.39 Å². The number of alkyl halides is 1. The van der Waals surface area contributed by atoms with Crippen LogP contribution in [0.15, 0.2) is 46.9 Å². The highest BCUT2D eigenvalue weighted by Crippen LogP contribution is 2.29. The smallest absolute Gasteiger partial charge is 0.137 e. The van der Waals surface area contributed by atoms with Gasteiger partial charge in [0.25, 0.3) is 0 Å². The van der Waals surface area contributed by atoms with E-state index in [4.69, 9.17) is 4.74 Å². The molecule has 88 valence electrons. The molecule has 2 aromatic rings. The number of hydrogen-bond acceptors (Lipinski definition) is 1. The average Bonchev–Trinajstić information content (AvgIpc) is 2.34. The van der Waals surface area contributed by atoms with Gasteiger partial charge in [-0.1, -0.05) is 34.1 Å². The second kappa shape index (κ2) is 5.65. The quantitative estimate of drug-likeness (QED) is 0.678. The Morgan fingerprint density at radius 1 is 1.12 bits per heavy atom. The molecule has 0 amide bonds. The van der Waals surface area contributed by atoms with Crippen LogP contribution in [0.25, 0.3) is 0 Å². The first-order valence-electron chi connectivity index (χ1n) is 4.97. The monoisotopic (exact) mass is 358 g/mol. The molecule has 2 rings (SSSR count). The second-order valence-electron chi connectivity index (χ2n) is 3.42. The van der Waals surface area contributed by atoms with Crippen LogP contribution in [0.5, 0.6) is 11.5 Å². The van der Waals surface area contributed by atoms with Crippen molar-refractivity contribution in [1.82, 2.24) is 0 Å². The summed E-state index contributed by atoms with van der Waals surface area (Å²) in [6, 6.07) is 12.3. The molecule has 0 spiro atoms. The Hall–Kier alpha value is -0.870. The zero-order valence-electron chi connectivity index (χ0n) is 8.79. The number of ether oxygens (including phenoxy) is 1. The molecule has 0 aromatic heterocycles. The lowest BCUT2D eigenvalue weighted by Gasteiger charge is -2.09. The van der Waals surface area contributed by atoms with Crippen molar-refractivity contribution in [2.45, 2.75) is 5.33 Å². The minimum Gasteiger partial charge on any atom is -0.457 e. The molecular formula is C13H9Br2FO. The Morgan fingerprint density at radius 3 is 2.59 bits per heavy atom. The van der Waals surface area contributed by atoms with Gasteiger partial charge in [0.05, 0.1) is 4.47 Å². The van der Waals surface area contributed by atoms with Crippen molar-refractivity contribution in [1.29, 1.82) is 0 Å². The summed E-state index contributed by atoms with van der Waals surface area (Å²) in [6.45, 7) is 0. The molecule has 4 heteroatoms. The summed E-state index contributed by atoms with van der Waals surface area (Å²) in [4.78, 5) is 0. The first-order chi connectivity index (χ1) is 8.20. The van der Waals surface area contributed by atoms with Crippen LogP contribution in [0.4, 0.5) is 4.39 Å². The van der Waals surface area contributed by atoms with Crippen molar-refractivity contribution in [2.75, 3.05) is 0 Å². The zero-order valence-corrected chi connectivity index (χ0v) is 12.0. The van der Waals surface area contributed by atoms with E-state index in [1.165, 1.54) is 6.07 Å². The molecule has 0 N–H and O–H groups in total.